The molecular weight excluding hydrogens is 229 g/mol. The number of carboxylic acids is 1. The van der Waals surface area contributed by atoms with Gasteiger partial charge in [0.2, 0.25) is 0 Å². The van der Waals surface area contributed by atoms with Crippen LogP contribution in [-0.4, -0.2) is 21.3 Å². The number of aromatic amines is 1. The Kier molecular flexibility index (Phi) is 6.55. The van der Waals surface area contributed by atoms with Crippen molar-refractivity contribution in [2.45, 2.75) is 19.9 Å². The summed E-state index contributed by atoms with van der Waals surface area (Å²) < 4.78 is 0. The molecule has 14 heavy (non-hydrogen) atoms. The minimum atomic E-state index is -1.04. The van der Waals surface area contributed by atoms with Crippen LogP contribution < -0.4 is 5.73 Å². The molecule has 1 atom stereocenters. The molecular formula is C7H13Cl2N3O2. The Morgan fingerprint density at radius 1 is 1.50 bits per heavy atom. The lowest BCUT2D eigenvalue weighted by atomic mass is 10.1. The van der Waals surface area contributed by atoms with E-state index in [0.29, 0.717) is 17.0 Å². The van der Waals surface area contributed by atoms with Crippen molar-refractivity contribution in [1.82, 2.24) is 10.2 Å². The number of nitrogens with one attached hydrogen (secondary N) is 1. The van der Waals surface area contributed by atoms with Crippen LogP contribution in [0.15, 0.2) is 0 Å². The normalized spacial score (nSPS) is 11.1. The predicted octanol–water partition coefficient (Wildman–Crippen LogP) is 0.955. The summed E-state index contributed by atoms with van der Waals surface area (Å²) in [7, 11) is 0. The topological polar surface area (TPSA) is 92.0 Å². The maximum atomic E-state index is 10.5. The molecule has 0 fully saturated rings. The number of halogens is 2. The highest BCUT2D eigenvalue weighted by molar-refractivity contribution is 5.85. The van der Waals surface area contributed by atoms with Gasteiger partial charge in [-0.05, 0) is 13.8 Å². The highest BCUT2D eigenvalue weighted by Gasteiger charge is 2.20. The summed E-state index contributed by atoms with van der Waals surface area (Å²) in [5.74, 6) is -1.04. The van der Waals surface area contributed by atoms with Crippen molar-refractivity contribution >= 4 is 30.8 Å². The van der Waals surface area contributed by atoms with E-state index in [4.69, 9.17) is 10.8 Å². The molecule has 1 heterocycles. The molecule has 1 rings (SSSR count). The molecule has 0 amide bonds. The fourth-order valence-electron chi connectivity index (χ4n) is 1.14. The Morgan fingerprint density at radius 3 is 2.29 bits per heavy atom. The van der Waals surface area contributed by atoms with Crippen molar-refractivity contribution in [3.05, 3.63) is 17.0 Å². The van der Waals surface area contributed by atoms with Crippen LogP contribution in [-0.2, 0) is 4.79 Å². The van der Waals surface area contributed by atoms with Gasteiger partial charge < -0.3 is 10.8 Å². The molecule has 1 aromatic rings. The lowest BCUT2D eigenvalue weighted by Crippen LogP contribution is -2.21. The van der Waals surface area contributed by atoms with Crippen LogP contribution in [0.2, 0.25) is 0 Å². The Hall–Kier alpha value is -0.780. The molecule has 0 saturated heterocycles. The first-order valence-corrected chi connectivity index (χ1v) is 3.54. The van der Waals surface area contributed by atoms with Crippen LogP contribution >= 0.6 is 24.8 Å². The van der Waals surface area contributed by atoms with E-state index in [0.717, 1.165) is 0 Å². The Bertz CT molecular complexity index is 294. The molecule has 0 spiro atoms. The second-order valence-electron chi connectivity index (χ2n) is 2.66. The number of aliphatic carboxylic acids is 1. The van der Waals surface area contributed by atoms with Crippen LogP contribution in [0.4, 0.5) is 0 Å². The van der Waals surface area contributed by atoms with Gasteiger partial charge in [-0.25, -0.2) is 0 Å². The molecule has 0 bridgehead atoms. The third-order valence-electron chi connectivity index (χ3n) is 1.76. The summed E-state index contributed by atoms with van der Waals surface area (Å²) in [6.07, 6.45) is 0. The third-order valence-corrected chi connectivity index (χ3v) is 1.76. The lowest BCUT2D eigenvalue weighted by Gasteiger charge is -2.05. The number of H-pyrrole nitrogens is 1. The largest absolute Gasteiger partial charge is 0.480 e. The van der Waals surface area contributed by atoms with Crippen molar-refractivity contribution < 1.29 is 9.90 Å². The fraction of sp³-hybridized carbons (Fsp3) is 0.429. The van der Waals surface area contributed by atoms with Crippen LogP contribution in [0.25, 0.3) is 0 Å². The number of hydrogen-bond acceptors (Lipinski definition) is 3. The van der Waals surface area contributed by atoms with E-state index in [1.165, 1.54) is 0 Å². The molecule has 5 nitrogen and oxygen atoms in total. The van der Waals surface area contributed by atoms with E-state index in [2.05, 4.69) is 10.2 Å². The Labute approximate surface area is 93.9 Å². The van der Waals surface area contributed by atoms with Crippen molar-refractivity contribution in [3.63, 3.8) is 0 Å². The molecule has 1 aromatic heterocycles. The first-order valence-electron chi connectivity index (χ1n) is 3.54. The van der Waals surface area contributed by atoms with Gasteiger partial charge in [0.25, 0.3) is 0 Å². The van der Waals surface area contributed by atoms with Gasteiger partial charge in [0.05, 0.1) is 5.69 Å². The number of carboxylic acid groups (broad SMARTS) is 1. The molecule has 0 aliphatic carbocycles. The van der Waals surface area contributed by atoms with Crippen LogP contribution in [0.5, 0.6) is 0 Å². The summed E-state index contributed by atoms with van der Waals surface area (Å²) >= 11 is 0. The Balaban J connectivity index is 0. The average molecular weight is 242 g/mol. The van der Waals surface area contributed by atoms with Gasteiger partial charge in [0, 0.05) is 11.3 Å². The van der Waals surface area contributed by atoms with Crippen molar-refractivity contribution in [1.29, 1.82) is 0 Å². The number of carbonyl (C=O) groups is 1. The second-order valence-corrected chi connectivity index (χ2v) is 2.66. The minimum Gasteiger partial charge on any atom is -0.480 e. The zero-order valence-corrected chi connectivity index (χ0v) is 9.41. The molecule has 7 heteroatoms. The highest BCUT2D eigenvalue weighted by Crippen LogP contribution is 2.16. The van der Waals surface area contributed by atoms with Crippen molar-refractivity contribution in [2.24, 2.45) is 5.73 Å². The summed E-state index contributed by atoms with van der Waals surface area (Å²) in [5, 5.41) is 15.2. The fourth-order valence-corrected chi connectivity index (χ4v) is 1.14. The van der Waals surface area contributed by atoms with E-state index in [1.807, 2.05) is 0 Å². The van der Waals surface area contributed by atoms with Gasteiger partial charge in [0.1, 0.15) is 6.04 Å². The number of nitrogens with two attached hydrogens (primary N) is 1. The quantitative estimate of drug-likeness (QED) is 0.720. The van der Waals surface area contributed by atoms with Gasteiger partial charge in [0.15, 0.2) is 0 Å². The number of aromatic nitrogens is 2. The van der Waals surface area contributed by atoms with E-state index in [1.54, 1.807) is 13.8 Å². The van der Waals surface area contributed by atoms with E-state index in [-0.39, 0.29) is 24.8 Å². The Morgan fingerprint density at radius 2 is 2.00 bits per heavy atom. The number of rotatable bonds is 2. The lowest BCUT2D eigenvalue weighted by molar-refractivity contribution is -0.138. The van der Waals surface area contributed by atoms with Crippen molar-refractivity contribution in [2.75, 3.05) is 0 Å². The monoisotopic (exact) mass is 241 g/mol. The van der Waals surface area contributed by atoms with Gasteiger partial charge in [-0.3, -0.25) is 9.89 Å². The van der Waals surface area contributed by atoms with Crippen LogP contribution in [0.1, 0.15) is 23.0 Å². The molecule has 0 aromatic carbocycles. The summed E-state index contributed by atoms with van der Waals surface area (Å²) in [4.78, 5) is 10.5. The van der Waals surface area contributed by atoms with E-state index >= 15 is 0 Å². The molecule has 0 aliphatic rings. The van der Waals surface area contributed by atoms with Crippen molar-refractivity contribution in [3.8, 4) is 0 Å². The zero-order chi connectivity index (χ0) is 9.30. The first kappa shape index (κ1) is 15.7. The predicted molar refractivity (Wildman–Crippen MR) is 57.1 cm³/mol. The van der Waals surface area contributed by atoms with Gasteiger partial charge in [-0.15, -0.1) is 24.8 Å². The van der Waals surface area contributed by atoms with Crippen LogP contribution in [0, 0.1) is 13.8 Å². The summed E-state index contributed by atoms with van der Waals surface area (Å²) in [6, 6.07) is -0.983. The summed E-state index contributed by atoms with van der Waals surface area (Å²) in [5.41, 5.74) is 7.35. The zero-order valence-electron chi connectivity index (χ0n) is 7.77. The average Bonchev–Trinajstić information content (AvgIpc) is 2.30. The van der Waals surface area contributed by atoms with Gasteiger partial charge >= 0.3 is 5.97 Å². The minimum absolute atomic E-state index is 0. The second kappa shape index (κ2) is 5.85. The smallest absolute Gasteiger partial charge is 0.325 e. The van der Waals surface area contributed by atoms with Gasteiger partial charge in [-0.2, -0.15) is 5.10 Å². The highest BCUT2D eigenvalue weighted by atomic mass is 35.5. The standard InChI is InChI=1S/C7H11N3O2.2ClH/c1-3-5(4(2)10-9-3)6(8)7(11)12;;/h6H,8H2,1-2H3,(H,9,10)(H,11,12);2*1H. The number of aryl methyl sites for hydroxylation is 2. The molecule has 4 N–H and O–H groups in total. The number of nitrogens with zero attached hydrogens (tertiary/aromatic N) is 1. The molecule has 82 valence electrons. The van der Waals surface area contributed by atoms with Gasteiger partial charge in [-0.1, -0.05) is 0 Å². The number of hydrogen-bond donors (Lipinski definition) is 3. The van der Waals surface area contributed by atoms with Crippen LogP contribution in [0.3, 0.4) is 0 Å². The third kappa shape index (κ3) is 2.87. The molecule has 0 radical (unpaired) electrons. The maximum Gasteiger partial charge on any atom is 0.325 e. The molecule has 0 saturated carbocycles. The van der Waals surface area contributed by atoms with E-state index < -0.39 is 12.0 Å². The molecule has 1 unspecified atom stereocenters. The van der Waals surface area contributed by atoms with E-state index in [9.17, 15) is 4.79 Å². The maximum absolute atomic E-state index is 10.5. The summed E-state index contributed by atoms with van der Waals surface area (Å²) in [6.45, 7) is 3.47. The SMILES string of the molecule is Cc1n[nH]c(C)c1C(N)C(=O)O.Cl.Cl. The first-order chi connectivity index (χ1) is 5.54. The molecule has 0 aliphatic heterocycles.